The minimum atomic E-state index is 1.34. The summed E-state index contributed by atoms with van der Waals surface area (Å²) in [7, 11) is 11.2. The van der Waals surface area contributed by atoms with Crippen molar-refractivity contribution in [1.82, 2.24) is 0 Å². The SMILES string of the molecule is c1ccc2c(c1)c1ccccc1c1c2ccc2ssssssc21. The molecule has 24 heavy (non-hydrogen) atoms. The second-order valence-corrected chi connectivity index (χ2v) is 14.6. The lowest BCUT2D eigenvalue weighted by atomic mass is 9.94. The molecule has 1 heterocycles. The Morgan fingerprint density at radius 2 is 1.00 bits per heavy atom. The van der Waals surface area contributed by atoms with Gasteiger partial charge in [-0.3, -0.25) is 0 Å². The van der Waals surface area contributed by atoms with Crippen molar-refractivity contribution in [2.24, 2.45) is 0 Å². The summed E-state index contributed by atoms with van der Waals surface area (Å²) < 4.78 is 2.78. The summed E-state index contributed by atoms with van der Waals surface area (Å²) in [4.78, 5) is 0. The first-order valence-corrected chi connectivity index (χ1v) is 14.8. The van der Waals surface area contributed by atoms with Crippen molar-refractivity contribution in [2.75, 3.05) is 0 Å². The lowest BCUT2D eigenvalue weighted by molar-refractivity contribution is 1.80. The third-order valence-corrected chi connectivity index (χ3v) is 14.9. The lowest BCUT2D eigenvalue weighted by Crippen LogP contribution is -1.83. The number of hydrogen-bond acceptors (Lipinski definition) is 6. The number of benzene rings is 4. The van der Waals surface area contributed by atoms with E-state index in [0.29, 0.717) is 0 Å². The third-order valence-electron chi connectivity index (χ3n) is 4.15. The van der Waals surface area contributed by atoms with E-state index < -0.39 is 0 Å². The Bertz CT molecular complexity index is 1220. The lowest BCUT2D eigenvalue weighted by Gasteiger charge is -2.11. The van der Waals surface area contributed by atoms with Crippen molar-refractivity contribution in [3.8, 4) is 0 Å². The van der Waals surface area contributed by atoms with E-state index in [4.69, 9.17) is 0 Å². The molecule has 0 nitrogen and oxygen atoms in total. The van der Waals surface area contributed by atoms with Crippen LogP contribution in [0.15, 0.2) is 60.7 Å². The highest BCUT2D eigenvalue weighted by molar-refractivity contribution is 8.20. The monoisotopic (exact) mass is 418 g/mol. The minimum absolute atomic E-state index is 1.34. The van der Waals surface area contributed by atoms with E-state index in [1.165, 1.54) is 41.7 Å². The van der Waals surface area contributed by atoms with E-state index in [1.54, 1.807) is 0 Å². The van der Waals surface area contributed by atoms with Crippen molar-refractivity contribution in [1.29, 1.82) is 0 Å². The van der Waals surface area contributed by atoms with Gasteiger partial charge >= 0.3 is 0 Å². The average Bonchev–Trinajstić information content (AvgIpc) is 2.62. The van der Waals surface area contributed by atoms with Crippen LogP contribution in [0.25, 0.3) is 41.7 Å². The molecule has 0 saturated heterocycles. The van der Waals surface area contributed by atoms with E-state index >= 15 is 0 Å². The van der Waals surface area contributed by atoms with Gasteiger partial charge in [0, 0.05) is 5.39 Å². The number of hydrogen-bond donors (Lipinski definition) is 0. The molecule has 0 aliphatic heterocycles. The second-order valence-electron chi connectivity index (χ2n) is 5.35. The zero-order valence-corrected chi connectivity index (χ0v) is 17.1. The van der Waals surface area contributed by atoms with Crippen LogP contribution in [0.5, 0.6) is 0 Å². The maximum absolute atomic E-state index is 2.31. The predicted octanol–water partition coefficient (Wildman–Crippen LogP) is 8.92. The van der Waals surface area contributed by atoms with Gasteiger partial charge in [0.05, 0.1) is 9.40 Å². The summed E-state index contributed by atoms with van der Waals surface area (Å²) >= 11 is 0. The fraction of sp³-hybridized carbons (Fsp3) is 0. The predicted molar refractivity (Wildman–Crippen MR) is 119 cm³/mol. The van der Waals surface area contributed by atoms with Gasteiger partial charge in [-0.1, -0.05) is 75.3 Å². The summed E-state index contributed by atoms with van der Waals surface area (Å²) in [5.41, 5.74) is 0. The maximum Gasteiger partial charge on any atom is 0.0650 e. The highest BCUT2D eigenvalue weighted by Gasteiger charge is 2.11. The third kappa shape index (κ3) is 2.41. The summed E-state index contributed by atoms with van der Waals surface area (Å²) in [5, 5.41) is 8.17. The molecule has 0 fully saturated rings. The molecular formula is C18H10S6. The highest BCUT2D eigenvalue weighted by Crippen LogP contribution is 2.41. The first-order valence-electron chi connectivity index (χ1n) is 7.31. The Labute approximate surface area is 159 Å². The van der Waals surface area contributed by atoms with Crippen LogP contribution in [0.2, 0.25) is 0 Å². The van der Waals surface area contributed by atoms with Crippen molar-refractivity contribution in [3.05, 3.63) is 60.7 Å². The average molecular weight is 419 g/mol. The molecule has 0 aliphatic rings. The van der Waals surface area contributed by atoms with Crippen LogP contribution in [-0.4, -0.2) is 0 Å². The smallest absolute Gasteiger partial charge is 0.0650 e. The molecule has 5 rings (SSSR count). The second kappa shape index (κ2) is 6.37. The van der Waals surface area contributed by atoms with E-state index in [0.717, 1.165) is 0 Å². The molecule has 0 bridgehead atoms. The Kier molecular flexibility index (Phi) is 4.05. The van der Waals surface area contributed by atoms with E-state index in [1.807, 2.05) is 58.1 Å². The normalized spacial score (nSPS) is 11.3. The number of rotatable bonds is 0. The fourth-order valence-corrected chi connectivity index (χ4v) is 15.0. The van der Waals surface area contributed by atoms with Crippen molar-refractivity contribution in [3.63, 3.8) is 0 Å². The van der Waals surface area contributed by atoms with Gasteiger partial charge in [0.1, 0.15) is 0 Å². The van der Waals surface area contributed by atoms with Crippen LogP contribution in [0.4, 0.5) is 0 Å². The summed E-state index contributed by atoms with van der Waals surface area (Å²) in [6, 6.07) is 22.2. The van der Waals surface area contributed by atoms with E-state index in [2.05, 4.69) is 60.7 Å². The van der Waals surface area contributed by atoms with Crippen LogP contribution < -0.4 is 0 Å². The van der Waals surface area contributed by atoms with Gasteiger partial charge in [0.2, 0.25) is 0 Å². The van der Waals surface area contributed by atoms with Gasteiger partial charge < -0.3 is 0 Å². The summed E-state index contributed by atoms with van der Waals surface area (Å²) in [6.07, 6.45) is 0. The molecule has 6 heteroatoms. The molecule has 4 aromatic carbocycles. The van der Waals surface area contributed by atoms with Crippen LogP contribution in [-0.2, 0) is 0 Å². The van der Waals surface area contributed by atoms with Gasteiger partial charge in [-0.15, -0.1) is 0 Å². The van der Waals surface area contributed by atoms with Crippen LogP contribution in [0.3, 0.4) is 0 Å². The Morgan fingerprint density at radius 1 is 0.458 bits per heavy atom. The van der Waals surface area contributed by atoms with Crippen LogP contribution in [0, 0.1) is 0 Å². The molecule has 0 radical (unpaired) electrons. The Hall–Kier alpha value is -1.02. The fourth-order valence-electron chi connectivity index (χ4n) is 3.21. The van der Waals surface area contributed by atoms with Gasteiger partial charge in [-0.2, -0.15) is 0 Å². The number of fused-ring (bicyclic) bond motifs is 8. The standard InChI is InChI=1S/C18H10S6/c1-2-7-13-11(5-1)12-6-3-4-8-14(12)17-15(13)9-10-16-18(17)20-22-24-23-21-19-16/h1-10H. The van der Waals surface area contributed by atoms with Crippen molar-refractivity contribution >= 4 is 99.8 Å². The largest absolute Gasteiger partial charge is 0.0675 e. The molecule has 0 spiro atoms. The van der Waals surface area contributed by atoms with Gasteiger partial charge in [0.25, 0.3) is 0 Å². The summed E-state index contributed by atoms with van der Waals surface area (Å²) in [6.45, 7) is 0. The topological polar surface area (TPSA) is 0 Å². The molecule has 1 aromatic heterocycles. The van der Waals surface area contributed by atoms with E-state index in [-0.39, 0.29) is 0 Å². The molecule has 118 valence electrons. The first-order chi connectivity index (χ1) is 11.9. The quantitative estimate of drug-likeness (QED) is 0.174. The Morgan fingerprint density at radius 3 is 1.71 bits per heavy atom. The van der Waals surface area contributed by atoms with Crippen molar-refractivity contribution in [2.45, 2.75) is 0 Å². The zero-order chi connectivity index (χ0) is 15.9. The first kappa shape index (κ1) is 15.3. The molecule has 0 saturated carbocycles. The van der Waals surface area contributed by atoms with Crippen molar-refractivity contribution < 1.29 is 0 Å². The van der Waals surface area contributed by atoms with Gasteiger partial charge in [0.15, 0.2) is 0 Å². The van der Waals surface area contributed by atoms with Gasteiger partial charge in [-0.25, -0.2) is 0 Å². The molecule has 0 aliphatic carbocycles. The molecule has 0 atom stereocenters. The highest BCUT2D eigenvalue weighted by atomic mass is 33.5. The molecule has 5 aromatic rings. The van der Waals surface area contributed by atoms with E-state index in [9.17, 15) is 0 Å². The van der Waals surface area contributed by atoms with Crippen LogP contribution in [0.1, 0.15) is 0 Å². The Balaban J connectivity index is 2.20. The van der Waals surface area contributed by atoms with Crippen LogP contribution >= 0.6 is 58.1 Å². The molecule has 0 amide bonds. The van der Waals surface area contributed by atoms with Gasteiger partial charge in [-0.05, 0) is 70.4 Å². The summed E-state index contributed by atoms with van der Waals surface area (Å²) in [5.74, 6) is 0. The molecular weight excluding hydrogens is 409 g/mol. The zero-order valence-electron chi connectivity index (χ0n) is 12.2. The maximum atomic E-state index is 2.31. The molecule has 0 unspecified atom stereocenters. The minimum Gasteiger partial charge on any atom is -0.0675 e. The molecule has 0 N–H and O–H groups in total.